The number of benzene rings is 1. The summed E-state index contributed by atoms with van der Waals surface area (Å²) in [5.41, 5.74) is 4.72. The normalized spacial score (nSPS) is 11.1. The van der Waals surface area contributed by atoms with Crippen molar-refractivity contribution in [2.75, 3.05) is 12.8 Å². The van der Waals surface area contributed by atoms with Crippen LogP contribution in [-0.2, 0) is 4.74 Å². The summed E-state index contributed by atoms with van der Waals surface area (Å²) in [5.74, 6) is -1.88. The lowest BCUT2D eigenvalue weighted by atomic mass is 10.2. The van der Waals surface area contributed by atoms with Crippen molar-refractivity contribution < 1.29 is 27.4 Å². The van der Waals surface area contributed by atoms with Gasteiger partial charge in [0.1, 0.15) is 10.6 Å². The zero-order valence-corrected chi connectivity index (χ0v) is 9.22. The molecular weight excluding hydrogens is 263 g/mol. The summed E-state index contributed by atoms with van der Waals surface area (Å²) in [7, 11) is 1.02. The van der Waals surface area contributed by atoms with E-state index in [1.54, 1.807) is 0 Å². The van der Waals surface area contributed by atoms with E-state index in [1.165, 1.54) is 6.07 Å². The van der Waals surface area contributed by atoms with Gasteiger partial charge in [-0.2, -0.15) is 0 Å². The van der Waals surface area contributed by atoms with E-state index in [4.69, 9.17) is 17.3 Å². The van der Waals surface area contributed by atoms with Crippen LogP contribution in [0.3, 0.4) is 0 Å². The van der Waals surface area contributed by atoms with Crippen LogP contribution in [0.5, 0.6) is 5.75 Å². The van der Waals surface area contributed by atoms with Crippen LogP contribution in [0, 0.1) is 0 Å². The number of nitrogens with two attached hydrogens (primary N) is 1. The van der Waals surface area contributed by atoms with E-state index in [0.717, 1.165) is 13.2 Å². The van der Waals surface area contributed by atoms with Gasteiger partial charge in [0.25, 0.3) is 0 Å². The molecular formula is C9H7ClF3NO3. The molecule has 0 atom stereocenters. The van der Waals surface area contributed by atoms with E-state index < -0.39 is 28.7 Å². The van der Waals surface area contributed by atoms with E-state index in [1.807, 2.05) is 0 Å². The molecule has 0 bridgehead atoms. The molecule has 0 heterocycles. The van der Waals surface area contributed by atoms with E-state index in [9.17, 15) is 18.0 Å². The molecule has 1 aromatic carbocycles. The first kappa shape index (κ1) is 13.4. The number of anilines is 1. The van der Waals surface area contributed by atoms with E-state index >= 15 is 0 Å². The Balaban J connectivity index is 3.31. The first-order valence-corrected chi connectivity index (χ1v) is 4.56. The minimum absolute atomic E-state index is 0.140. The smallest absolute Gasteiger partial charge is 0.465 e. The molecule has 0 spiro atoms. The first-order valence-electron chi connectivity index (χ1n) is 4.18. The summed E-state index contributed by atoms with van der Waals surface area (Å²) in [4.78, 5) is 11.2. The van der Waals surface area contributed by atoms with Crippen molar-refractivity contribution in [3.63, 3.8) is 0 Å². The summed E-state index contributed by atoms with van der Waals surface area (Å²) in [6.07, 6.45) is -4.99. The predicted octanol–water partition coefficient (Wildman–Crippen LogP) is 2.61. The number of rotatable bonds is 2. The summed E-state index contributed by atoms with van der Waals surface area (Å²) in [6.45, 7) is 0. The highest BCUT2D eigenvalue weighted by molar-refractivity contribution is 6.35. The van der Waals surface area contributed by atoms with Gasteiger partial charge in [0.2, 0.25) is 0 Å². The number of esters is 1. The van der Waals surface area contributed by atoms with Gasteiger partial charge in [-0.15, -0.1) is 13.2 Å². The van der Waals surface area contributed by atoms with Gasteiger partial charge in [0.05, 0.1) is 12.8 Å². The summed E-state index contributed by atoms with van der Waals surface area (Å²) < 4.78 is 44.3. The van der Waals surface area contributed by atoms with Crippen molar-refractivity contribution in [3.8, 4) is 5.75 Å². The number of alkyl halides is 3. The van der Waals surface area contributed by atoms with Crippen LogP contribution in [-0.4, -0.2) is 19.4 Å². The fourth-order valence-electron chi connectivity index (χ4n) is 1.06. The minimum atomic E-state index is -4.99. The van der Waals surface area contributed by atoms with Crippen molar-refractivity contribution in [1.29, 1.82) is 0 Å². The molecule has 94 valence electrons. The minimum Gasteiger partial charge on any atom is -0.465 e. The molecule has 0 radical (unpaired) electrons. The molecule has 0 aliphatic carbocycles. The summed E-state index contributed by atoms with van der Waals surface area (Å²) in [5, 5.41) is -0.495. The predicted molar refractivity (Wildman–Crippen MR) is 53.9 cm³/mol. The van der Waals surface area contributed by atoms with Crippen LogP contribution >= 0.6 is 11.6 Å². The Morgan fingerprint density at radius 1 is 1.41 bits per heavy atom. The van der Waals surface area contributed by atoms with Crippen LogP contribution in [0.15, 0.2) is 12.1 Å². The number of nitrogen functional groups attached to an aromatic ring is 1. The Labute approximate surface area is 99.1 Å². The molecule has 0 saturated carbocycles. The van der Waals surface area contributed by atoms with Crippen molar-refractivity contribution in [3.05, 3.63) is 22.7 Å². The maximum Gasteiger partial charge on any atom is 0.573 e. The zero-order valence-electron chi connectivity index (χ0n) is 8.47. The highest BCUT2D eigenvalue weighted by atomic mass is 35.5. The van der Waals surface area contributed by atoms with E-state index in [-0.39, 0.29) is 5.69 Å². The number of hydrogen-bond acceptors (Lipinski definition) is 4. The van der Waals surface area contributed by atoms with Gasteiger partial charge in [-0.05, 0) is 12.1 Å². The lowest BCUT2D eigenvalue weighted by Gasteiger charge is -2.14. The molecule has 0 aromatic heterocycles. The monoisotopic (exact) mass is 269 g/mol. The number of ether oxygens (including phenoxy) is 2. The number of carbonyl (C=O) groups excluding carboxylic acids is 1. The van der Waals surface area contributed by atoms with Crippen molar-refractivity contribution in [2.45, 2.75) is 6.36 Å². The molecule has 4 nitrogen and oxygen atoms in total. The zero-order chi connectivity index (χ0) is 13.2. The van der Waals surface area contributed by atoms with E-state index in [2.05, 4.69) is 9.47 Å². The van der Waals surface area contributed by atoms with E-state index in [0.29, 0.717) is 0 Å². The molecule has 0 amide bonds. The number of methoxy groups -OCH3 is 1. The SMILES string of the molecule is COC(=O)c1ccc(N)c(Cl)c1OC(F)(F)F. The lowest BCUT2D eigenvalue weighted by Crippen LogP contribution is -2.20. The Kier molecular flexibility index (Phi) is 3.72. The van der Waals surface area contributed by atoms with Crippen LogP contribution in [0.25, 0.3) is 0 Å². The summed E-state index contributed by atoms with van der Waals surface area (Å²) >= 11 is 5.55. The molecule has 1 rings (SSSR count). The second-order valence-electron chi connectivity index (χ2n) is 2.88. The third-order valence-electron chi connectivity index (χ3n) is 1.75. The van der Waals surface area contributed by atoms with Gasteiger partial charge in [0.15, 0.2) is 5.75 Å². The van der Waals surface area contributed by atoms with Gasteiger partial charge >= 0.3 is 12.3 Å². The number of hydrogen-bond donors (Lipinski definition) is 1. The molecule has 8 heteroatoms. The second kappa shape index (κ2) is 4.70. The number of carbonyl (C=O) groups is 1. The average Bonchev–Trinajstić information content (AvgIpc) is 2.22. The second-order valence-corrected chi connectivity index (χ2v) is 3.26. The summed E-state index contributed by atoms with van der Waals surface area (Å²) in [6, 6.07) is 2.21. The van der Waals surface area contributed by atoms with Gasteiger partial charge in [-0.25, -0.2) is 4.79 Å². The Bertz CT molecular complexity index is 448. The van der Waals surface area contributed by atoms with Gasteiger partial charge < -0.3 is 15.2 Å². The average molecular weight is 270 g/mol. The Morgan fingerprint density at radius 3 is 2.47 bits per heavy atom. The van der Waals surface area contributed by atoms with Crippen LogP contribution in [0.4, 0.5) is 18.9 Å². The van der Waals surface area contributed by atoms with Crippen molar-refractivity contribution in [1.82, 2.24) is 0 Å². The first-order chi connectivity index (χ1) is 7.76. The molecule has 2 N–H and O–H groups in total. The fourth-order valence-corrected chi connectivity index (χ4v) is 1.26. The number of halogens is 4. The molecule has 1 aromatic rings. The highest BCUT2D eigenvalue weighted by Crippen LogP contribution is 2.37. The molecule has 0 unspecified atom stereocenters. The van der Waals surface area contributed by atoms with Crippen LogP contribution < -0.4 is 10.5 Å². The molecule has 17 heavy (non-hydrogen) atoms. The quantitative estimate of drug-likeness (QED) is 0.662. The van der Waals surface area contributed by atoms with Gasteiger partial charge in [-0.3, -0.25) is 0 Å². The topological polar surface area (TPSA) is 61.5 Å². The van der Waals surface area contributed by atoms with Crippen molar-refractivity contribution >= 4 is 23.3 Å². The third-order valence-corrected chi connectivity index (χ3v) is 2.14. The lowest BCUT2D eigenvalue weighted by molar-refractivity contribution is -0.274. The van der Waals surface area contributed by atoms with Crippen molar-refractivity contribution in [2.24, 2.45) is 0 Å². The molecule has 0 fully saturated rings. The van der Waals surface area contributed by atoms with Gasteiger partial charge in [0, 0.05) is 0 Å². The molecule has 0 aliphatic rings. The van der Waals surface area contributed by atoms with Gasteiger partial charge in [-0.1, -0.05) is 11.6 Å². The maximum atomic E-state index is 12.1. The van der Waals surface area contributed by atoms with Crippen LogP contribution in [0.1, 0.15) is 10.4 Å². The molecule has 0 aliphatic heterocycles. The maximum absolute atomic E-state index is 12.1. The standard InChI is InChI=1S/C9H7ClF3NO3/c1-16-8(15)4-2-3-5(14)6(10)7(4)17-9(11,12)13/h2-3H,14H2,1H3. The Hall–Kier alpha value is -1.63. The van der Waals surface area contributed by atoms with Crippen LogP contribution in [0.2, 0.25) is 5.02 Å². The highest BCUT2D eigenvalue weighted by Gasteiger charge is 2.34. The fraction of sp³-hybridized carbons (Fsp3) is 0.222. The molecule has 0 saturated heterocycles. The Morgan fingerprint density at radius 2 is 2.00 bits per heavy atom. The largest absolute Gasteiger partial charge is 0.573 e. The third kappa shape index (κ3) is 3.16.